The van der Waals surface area contributed by atoms with Crippen LogP contribution in [0.15, 0.2) is 29.3 Å². The number of aliphatic imine (C=N–C) groups is 1. The van der Waals surface area contributed by atoms with Crippen molar-refractivity contribution in [1.82, 2.24) is 10.2 Å². The number of nitrogens with one attached hydrogen (secondary N) is 1. The highest BCUT2D eigenvalue weighted by atomic mass is 127. The first-order valence-electron chi connectivity index (χ1n) is 7.84. The molecule has 0 aliphatic carbocycles. The molecule has 1 aromatic carbocycles. The lowest BCUT2D eigenvalue weighted by atomic mass is 10.1. The van der Waals surface area contributed by atoms with Crippen LogP contribution < -0.4 is 5.32 Å². The minimum Gasteiger partial charge on any atom is -0.357 e. The van der Waals surface area contributed by atoms with Crippen LogP contribution in [0, 0.1) is 5.92 Å². The highest BCUT2D eigenvalue weighted by Crippen LogP contribution is 2.19. The van der Waals surface area contributed by atoms with Crippen LogP contribution in [-0.4, -0.2) is 50.9 Å². The summed E-state index contributed by atoms with van der Waals surface area (Å²) in [5.41, 5.74) is 1.03. The lowest BCUT2D eigenvalue weighted by molar-refractivity contribution is 0.472. The van der Waals surface area contributed by atoms with Crippen molar-refractivity contribution in [3.05, 3.63) is 34.9 Å². The third kappa shape index (κ3) is 6.40. The normalized spacial score (nSPS) is 19.6. The van der Waals surface area contributed by atoms with Gasteiger partial charge < -0.3 is 10.2 Å². The van der Waals surface area contributed by atoms with E-state index in [1.54, 1.807) is 0 Å². The standard InChI is InChI=1S/C16H24ClN3O2S.HI/c1-3-18-16(19-10-13-8-9-23(21,22)12-13)20(2)11-14-6-4-5-7-15(14)17;/h4-7,13H,3,8-12H2,1-2H3,(H,18,19);1H. The van der Waals surface area contributed by atoms with Crippen LogP contribution in [0.5, 0.6) is 0 Å². The second kappa shape index (κ2) is 9.82. The van der Waals surface area contributed by atoms with Gasteiger partial charge >= 0.3 is 0 Å². The molecule has 0 aromatic heterocycles. The Hall–Kier alpha value is -0.540. The number of rotatable bonds is 5. The number of hydrogen-bond acceptors (Lipinski definition) is 3. The Morgan fingerprint density at radius 2 is 2.12 bits per heavy atom. The molecule has 1 aliphatic heterocycles. The molecule has 0 saturated carbocycles. The third-order valence-corrected chi connectivity index (χ3v) is 6.09. The van der Waals surface area contributed by atoms with E-state index in [0.717, 1.165) is 23.1 Å². The zero-order valence-corrected chi connectivity index (χ0v) is 17.9. The minimum atomic E-state index is -2.85. The molecule has 8 heteroatoms. The van der Waals surface area contributed by atoms with Gasteiger partial charge in [0.05, 0.1) is 11.5 Å². The summed E-state index contributed by atoms with van der Waals surface area (Å²) in [7, 11) is -0.896. The van der Waals surface area contributed by atoms with Crippen molar-refractivity contribution in [2.75, 3.05) is 31.6 Å². The van der Waals surface area contributed by atoms with E-state index in [-0.39, 0.29) is 35.6 Å². The fraction of sp³-hybridized carbons (Fsp3) is 0.562. The van der Waals surface area contributed by atoms with E-state index in [4.69, 9.17) is 11.6 Å². The maximum Gasteiger partial charge on any atom is 0.193 e. The molecule has 0 spiro atoms. The predicted octanol–water partition coefficient (Wildman–Crippen LogP) is 2.79. The average molecular weight is 486 g/mol. The molecule has 0 bridgehead atoms. The summed E-state index contributed by atoms with van der Waals surface area (Å²) in [5, 5.41) is 3.98. The van der Waals surface area contributed by atoms with Crippen molar-refractivity contribution < 1.29 is 8.42 Å². The number of sulfone groups is 1. The molecule has 0 amide bonds. The van der Waals surface area contributed by atoms with Gasteiger partial charge in [0.25, 0.3) is 0 Å². The molecule has 1 aliphatic rings. The number of benzene rings is 1. The molecule has 1 unspecified atom stereocenters. The zero-order chi connectivity index (χ0) is 16.9. The average Bonchev–Trinajstić information content (AvgIpc) is 2.85. The van der Waals surface area contributed by atoms with Gasteiger partial charge in [-0.15, -0.1) is 24.0 Å². The van der Waals surface area contributed by atoms with Crippen LogP contribution in [0.1, 0.15) is 18.9 Å². The molecule has 5 nitrogen and oxygen atoms in total. The molecular weight excluding hydrogens is 461 g/mol. The van der Waals surface area contributed by atoms with E-state index in [9.17, 15) is 8.42 Å². The fourth-order valence-electron chi connectivity index (χ4n) is 2.66. The second-order valence-electron chi connectivity index (χ2n) is 5.91. The summed E-state index contributed by atoms with van der Waals surface area (Å²) in [5.74, 6) is 1.45. The number of guanidine groups is 1. The van der Waals surface area contributed by atoms with E-state index >= 15 is 0 Å². The Kier molecular flexibility index (Phi) is 8.80. The van der Waals surface area contributed by atoms with Crippen LogP contribution in [0.4, 0.5) is 0 Å². The van der Waals surface area contributed by atoms with Crippen LogP contribution in [0.2, 0.25) is 5.02 Å². The summed E-state index contributed by atoms with van der Waals surface area (Å²) in [4.78, 5) is 6.62. The van der Waals surface area contributed by atoms with Gasteiger partial charge in [-0.3, -0.25) is 4.99 Å². The second-order valence-corrected chi connectivity index (χ2v) is 8.55. The van der Waals surface area contributed by atoms with Crippen molar-refractivity contribution in [3.8, 4) is 0 Å². The molecule has 1 N–H and O–H groups in total. The Morgan fingerprint density at radius 1 is 1.42 bits per heavy atom. The predicted molar refractivity (Wildman–Crippen MR) is 111 cm³/mol. The third-order valence-electron chi connectivity index (χ3n) is 3.89. The molecule has 2 rings (SSSR count). The SMILES string of the molecule is CCNC(=NCC1CCS(=O)(=O)C1)N(C)Cc1ccccc1Cl.I. The lowest BCUT2D eigenvalue weighted by Crippen LogP contribution is -2.39. The molecule has 1 fully saturated rings. The quantitative estimate of drug-likeness (QED) is 0.396. The van der Waals surface area contributed by atoms with E-state index in [2.05, 4.69) is 10.3 Å². The van der Waals surface area contributed by atoms with Gasteiger partial charge in [-0.2, -0.15) is 0 Å². The fourth-order valence-corrected chi connectivity index (χ4v) is 4.70. The summed E-state index contributed by atoms with van der Waals surface area (Å²) in [6.07, 6.45) is 0.708. The summed E-state index contributed by atoms with van der Waals surface area (Å²) >= 11 is 6.21. The Bertz CT molecular complexity index is 667. The highest BCUT2D eigenvalue weighted by Gasteiger charge is 2.27. The lowest BCUT2D eigenvalue weighted by Gasteiger charge is -2.23. The summed E-state index contributed by atoms with van der Waals surface area (Å²) in [6, 6.07) is 7.73. The van der Waals surface area contributed by atoms with Gasteiger partial charge in [0.15, 0.2) is 15.8 Å². The molecule has 1 atom stereocenters. The molecule has 24 heavy (non-hydrogen) atoms. The maximum absolute atomic E-state index is 11.5. The van der Waals surface area contributed by atoms with Crippen molar-refractivity contribution in [2.24, 2.45) is 10.9 Å². The zero-order valence-electron chi connectivity index (χ0n) is 14.0. The van der Waals surface area contributed by atoms with Crippen LogP contribution >= 0.6 is 35.6 Å². The molecule has 1 heterocycles. The van der Waals surface area contributed by atoms with E-state index < -0.39 is 9.84 Å². The molecule has 136 valence electrons. The first-order chi connectivity index (χ1) is 10.9. The Balaban J connectivity index is 0.00000288. The number of halogens is 2. The largest absolute Gasteiger partial charge is 0.357 e. The van der Waals surface area contributed by atoms with Crippen molar-refractivity contribution in [1.29, 1.82) is 0 Å². The minimum absolute atomic E-state index is 0. The van der Waals surface area contributed by atoms with Gasteiger partial charge in [-0.25, -0.2) is 8.42 Å². The smallest absolute Gasteiger partial charge is 0.193 e. The van der Waals surface area contributed by atoms with Crippen molar-refractivity contribution in [3.63, 3.8) is 0 Å². The Morgan fingerprint density at radius 3 is 2.71 bits per heavy atom. The molecule has 1 saturated heterocycles. The van der Waals surface area contributed by atoms with Gasteiger partial charge in [0.2, 0.25) is 0 Å². The van der Waals surface area contributed by atoms with E-state index in [0.29, 0.717) is 25.3 Å². The molecular formula is C16H25ClIN3O2S. The first kappa shape index (κ1) is 21.5. The van der Waals surface area contributed by atoms with Gasteiger partial charge in [0, 0.05) is 31.7 Å². The number of hydrogen-bond donors (Lipinski definition) is 1. The van der Waals surface area contributed by atoms with Gasteiger partial charge in [-0.05, 0) is 30.9 Å². The molecule has 1 aromatic rings. The monoisotopic (exact) mass is 485 g/mol. The summed E-state index contributed by atoms with van der Waals surface area (Å²) in [6.45, 7) is 3.95. The van der Waals surface area contributed by atoms with Gasteiger partial charge in [0.1, 0.15) is 0 Å². The van der Waals surface area contributed by atoms with Gasteiger partial charge in [-0.1, -0.05) is 29.8 Å². The maximum atomic E-state index is 11.5. The van der Waals surface area contributed by atoms with Crippen LogP contribution in [0.25, 0.3) is 0 Å². The summed E-state index contributed by atoms with van der Waals surface area (Å²) < 4.78 is 23.1. The first-order valence-corrected chi connectivity index (χ1v) is 10.0. The van der Waals surface area contributed by atoms with E-state index in [1.165, 1.54) is 0 Å². The van der Waals surface area contributed by atoms with Crippen molar-refractivity contribution in [2.45, 2.75) is 19.9 Å². The topological polar surface area (TPSA) is 61.8 Å². The number of nitrogens with zero attached hydrogens (tertiary/aromatic N) is 2. The van der Waals surface area contributed by atoms with Crippen LogP contribution in [-0.2, 0) is 16.4 Å². The van der Waals surface area contributed by atoms with Crippen molar-refractivity contribution >= 4 is 51.4 Å². The highest BCUT2D eigenvalue weighted by molar-refractivity contribution is 14.0. The Labute approximate surface area is 166 Å². The van der Waals surface area contributed by atoms with E-state index in [1.807, 2.05) is 43.1 Å². The van der Waals surface area contributed by atoms with Crippen LogP contribution in [0.3, 0.4) is 0 Å². The molecule has 0 radical (unpaired) electrons.